The highest BCUT2D eigenvalue weighted by molar-refractivity contribution is 7.86. The smallest absolute Gasteiger partial charge is 0.297 e. The second-order valence-electron chi connectivity index (χ2n) is 24.8. The van der Waals surface area contributed by atoms with Crippen molar-refractivity contribution in [2.45, 2.75) is 257 Å². The highest BCUT2D eigenvalue weighted by atomic mass is 32.2. The first-order chi connectivity index (χ1) is 46.5. The van der Waals surface area contributed by atoms with Gasteiger partial charge in [0.2, 0.25) is 0 Å². The fraction of sp³-hybridized carbons (Fsp3) is 0.891. The fourth-order valence-corrected chi connectivity index (χ4v) is 13.7. The molecule has 30 aliphatic heterocycles. The Kier molecular flexibility index (Phi) is 26.3. The number of ether oxygens (including phenoxy) is 16. The minimum Gasteiger partial charge on any atom is -0.394 e. The molecule has 98 heavy (non-hydrogen) atoms. The average molecular weight is 1450 g/mol. The van der Waals surface area contributed by atoms with Gasteiger partial charge >= 0.3 is 0 Å². The van der Waals surface area contributed by atoms with E-state index in [1.165, 1.54) is 24.3 Å². The Morgan fingerprint density at radius 1 is 0.265 bits per heavy atom. The Balaban J connectivity index is 0.936. The number of aliphatic hydroxyl groups excluding tert-OH is 23. The molecule has 16 bridgehead atoms. The van der Waals surface area contributed by atoms with Crippen molar-refractivity contribution in [1.29, 1.82) is 0 Å². The molecule has 0 saturated carbocycles. The van der Waals surface area contributed by atoms with E-state index in [1.54, 1.807) is 6.92 Å². The largest absolute Gasteiger partial charge is 0.394 e. The first-order valence-electron chi connectivity index (χ1n) is 31.1. The molecule has 564 valence electrons. The number of benzene rings is 1. The molecule has 0 amide bonds. The highest BCUT2D eigenvalue weighted by Gasteiger charge is 2.60. The van der Waals surface area contributed by atoms with E-state index in [1.807, 2.05) is 0 Å². The summed E-state index contributed by atoms with van der Waals surface area (Å²) in [6.07, 6.45) is -84.8. The minimum absolute atomic E-state index is 0.399. The second kappa shape index (κ2) is 32.9. The SMILES string of the molecule is Cc1ccc(S(=O)(=O)OCC2O[C@@H]3O[C@@H]4C(CO)O[C@H](O[C@H]5[C@H](O)[C@@H](O)[C@@H](O[C@H]6[C@H](O)[C@@H](O)[C@@H](O[C@H]7[C@H](O)[C@@H](O)[C@@H](O[C@H]8[C@H](O)[C@@H](O)[C@@H](O[C@H]9[C@H](O)[C@@H](O)[C@@H](O[C@H]%10[C@H](O)[C@@H](O)[C@@H](O[C@H]2[C@H](O)[C@H]3O)O[C@@H]%10CO)O[C@@H]9CO)O[C@@H]8CO)O[C@@H]7CO)O[C@@H]6CO)O[C@@H]5CO)[C@H](O)[C@H]4O)cc1. The van der Waals surface area contributed by atoms with Crippen molar-refractivity contribution < 1.29 is 206 Å². The molecule has 30 heterocycles. The van der Waals surface area contributed by atoms with Crippen LogP contribution in [0.5, 0.6) is 0 Å². The molecule has 40 atom stereocenters. The third kappa shape index (κ3) is 15.8. The summed E-state index contributed by atoms with van der Waals surface area (Å²) < 4.78 is 125. The third-order valence-electron chi connectivity index (χ3n) is 18.4. The van der Waals surface area contributed by atoms with Gasteiger partial charge in [-0.2, -0.15) is 8.42 Å². The maximum Gasteiger partial charge on any atom is 0.297 e. The van der Waals surface area contributed by atoms with Crippen LogP contribution in [0.1, 0.15) is 5.56 Å². The van der Waals surface area contributed by atoms with E-state index >= 15 is 0 Å². The Morgan fingerprint density at radius 3 is 0.602 bits per heavy atom. The predicted molar refractivity (Wildman–Crippen MR) is 298 cm³/mol. The zero-order valence-electron chi connectivity index (χ0n) is 51.5. The minimum atomic E-state index is -4.76. The Labute approximate surface area is 554 Å². The lowest BCUT2D eigenvalue weighted by Crippen LogP contribution is -2.69. The molecular weight excluding hydrogens is 1360 g/mol. The van der Waals surface area contributed by atoms with Gasteiger partial charge in [-0.1, -0.05) is 17.7 Å². The molecule has 30 saturated heterocycles. The standard InChI is InChI=1S/C55H86O42S/c1-14-2-4-15(5-3-14)98(79,80)81-13-23-47-31(70)39(78)55(89-23)96-46-22(12-62)87-53(37(76)29(46)68)94-44-20(10-60)85-51(35(74)27(44)66)92-42-18(8-58)83-49(33(72)25(42)64)90-40-16(6-56)82-48(32(71)24(40)63)91-41-17(7-57)84-50(34(73)26(41)65)93-43-19(9-59)86-52(36(75)28(43)67)95-45-21(11-61)88-54(97-47)38(77)30(45)69/h2-5,16-78H,6-13H2,1H3/t16-,17-,18-,19-,20-,21-,22?,23?,24-,25-,26-,27-,28-,29-,30-,31-,32-,33-,34-,35-,36-,37-,38-,39-,40-,41-,42-,43-,44-,45-,46-,47-,48-,49-,50-,51-,52-,53-,54-,55-/m1/s1. The van der Waals surface area contributed by atoms with Gasteiger partial charge in [0.1, 0.15) is 195 Å². The average Bonchev–Trinajstić information content (AvgIpc) is 0.777. The molecule has 23 N–H and O–H groups in total. The van der Waals surface area contributed by atoms with Crippen molar-refractivity contribution >= 4 is 10.1 Å². The summed E-state index contributed by atoms with van der Waals surface area (Å²) in [5.41, 5.74) is 0.638. The number of aliphatic hydroxyl groups is 23. The van der Waals surface area contributed by atoms with Crippen LogP contribution in [0.3, 0.4) is 0 Å². The van der Waals surface area contributed by atoms with E-state index in [4.69, 9.17) is 80.0 Å². The second-order valence-corrected chi connectivity index (χ2v) is 26.4. The van der Waals surface area contributed by atoms with Gasteiger partial charge in [-0.05, 0) is 19.1 Å². The normalized spacial score (nSPS) is 51.1. The fourth-order valence-electron chi connectivity index (χ4n) is 12.8. The van der Waals surface area contributed by atoms with Crippen LogP contribution >= 0.6 is 0 Å². The Morgan fingerprint density at radius 2 is 0.429 bits per heavy atom. The van der Waals surface area contributed by atoms with Crippen LogP contribution in [0.4, 0.5) is 0 Å². The molecule has 30 fully saturated rings. The molecule has 43 heteroatoms. The summed E-state index contributed by atoms with van der Waals surface area (Å²) in [4.78, 5) is -0.399. The number of aryl methyl sites for hydroxylation is 1. The van der Waals surface area contributed by atoms with Crippen molar-refractivity contribution in [2.75, 3.05) is 52.9 Å². The zero-order valence-corrected chi connectivity index (χ0v) is 52.3. The summed E-state index contributed by atoms with van der Waals surface area (Å²) in [5.74, 6) is 0. The monoisotopic (exact) mass is 1450 g/mol. The van der Waals surface area contributed by atoms with Gasteiger partial charge in [0.05, 0.1) is 57.8 Å². The topological polar surface area (TPSA) is 656 Å². The molecule has 0 spiro atoms. The Hall–Kier alpha value is -2.43. The van der Waals surface area contributed by atoms with Crippen LogP contribution in [0, 0.1) is 6.92 Å². The van der Waals surface area contributed by atoms with E-state index in [-0.39, 0.29) is 0 Å². The quantitative estimate of drug-likeness (QED) is 0.0915. The van der Waals surface area contributed by atoms with Crippen LogP contribution in [0.2, 0.25) is 0 Å². The summed E-state index contributed by atoms with van der Waals surface area (Å²) in [6, 6.07) is 5.20. The van der Waals surface area contributed by atoms with E-state index < -0.39 is 314 Å². The molecule has 1 aromatic rings. The summed E-state index contributed by atoms with van der Waals surface area (Å²) >= 11 is 0. The van der Waals surface area contributed by atoms with Crippen molar-refractivity contribution in [3.63, 3.8) is 0 Å². The summed E-state index contributed by atoms with van der Waals surface area (Å²) in [6.45, 7) is -7.35. The van der Waals surface area contributed by atoms with Gasteiger partial charge in [0.25, 0.3) is 10.1 Å². The lowest BCUT2D eigenvalue weighted by Gasteiger charge is -2.50. The molecule has 30 aliphatic rings. The molecule has 31 rings (SSSR count). The summed E-state index contributed by atoms with van der Waals surface area (Å²) in [7, 11) is -4.76. The van der Waals surface area contributed by atoms with E-state index in [9.17, 15) is 126 Å². The van der Waals surface area contributed by atoms with Crippen LogP contribution < -0.4 is 0 Å². The van der Waals surface area contributed by atoms with Gasteiger partial charge in [-0.15, -0.1) is 0 Å². The van der Waals surface area contributed by atoms with Crippen molar-refractivity contribution in [3.8, 4) is 0 Å². The summed E-state index contributed by atoms with van der Waals surface area (Å²) in [5, 5.41) is 258. The molecule has 0 aromatic heterocycles. The van der Waals surface area contributed by atoms with Crippen molar-refractivity contribution in [2.24, 2.45) is 0 Å². The van der Waals surface area contributed by atoms with Crippen LogP contribution in [0.25, 0.3) is 0 Å². The third-order valence-corrected chi connectivity index (χ3v) is 19.7. The van der Waals surface area contributed by atoms with Crippen LogP contribution in [-0.4, -0.2) is 424 Å². The van der Waals surface area contributed by atoms with Gasteiger partial charge in [-0.25, -0.2) is 0 Å². The number of hydrogen-bond donors (Lipinski definition) is 23. The van der Waals surface area contributed by atoms with E-state index in [2.05, 4.69) is 0 Å². The molecule has 0 aliphatic carbocycles. The first kappa shape index (κ1) is 78.2. The first-order valence-corrected chi connectivity index (χ1v) is 32.5. The van der Waals surface area contributed by atoms with Gasteiger partial charge in [0.15, 0.2) is 50.3 Å². The molecule has 2 unspecified atom stereocenters. The number of rotatable bonds is 11. The highest BCUT2D eigenvalue weighted by Crippen LogP contribution is 2.40. The molecule has 42 nitrogen and oxygen atoms in total. The van der Waals surface area contributed by atoms with Gasteiger partial charge < -0.3 is 193 Å². The number of hydrogen-bond acceptors (Lipinski definition) is 42. The maximum atomic E-state index is 13.6. The molecule has 1 aromatic carbocycles. The molecule has 0 radical (unpaired) electrons. The van der Waals surface area contributed by atoms with Crippen molar-refractivity contribution in [3.05, 3.63) is 29.8 Å². The van der Waals surface area contributed by atoms with E-state index in [0.717, 1.165) is 0 Å². The van der Waals surface area contributed by atoms with Crippen LogP contribution in [0.15, 0.2) is 29.2 Å². The van der Waals surface area contributed by atoms with Gasteiger partial charge in [-0.3, -0.25) is 4.18 Å². The van der Waals surface area contributed by atoms with E-state index in [0.29, 0.717) is 5.56 Å². The van der Waals surface area contributed by atoms with Crippen LogP contribution in [-0.2, 0) is 90.1 Å². The zero-order chi connectivity index (χ0) is 71.3. The Bertz CT molecular complexity index is 2750. The van der Waals surface area contributed by atoms with Gasteiger partial charge in [0, 0.05) is 0 Å². The maximum absolute atomic E-state index is 13.6. The van der Waals surface area contributed by atoms with Crippen molar-refractivity contribution in [1.82, 2.24) is 0 Å². The predicted octanol–water partition coefficient (Wildman–Crippen LogP) is -15.7. The lowest BCUT2D eigenvalue weighted by atomic mass is 9.94. The lowest BCUT2D eigenvalue weighted by molar-refractivity contribution is -0.404. The molecular formula is C55H86O42S.